The van der Waals surface area contributed by atoms with Gasteiger partial charge in [0, 0.05) is 12.1 Å². The van der Waals surface area contributed by atoms with Crippen LogP contribution in [0, 0.1) is 5.92 Å². The van der Waals surface area contributed by atoms with Crippen LogP contribution in [-0.4, -0.2) is 23.8 Å². The SMILES string of the molecule is CC(C)C(CO)NC1CCCCCCC1. The van der Waals surface area contributed by atoms with E-state index in [9.17, 15) is 5.11 Å². The van der Waals surface area contributed by atoms with Gasteiger partial charge in [0.05, 0.1) is 6.61 Å². The van der Waals surface area contributed by atoms with E-state index in [1.54, 1.807) is 0 Å². The largest absolute Gasteiger partial charge is 0.395 e. The monoisotopic (exact) mass is 213 g/mol. The number of aliphatic hydroxyl groups excluding tert-OH is 1. The van der Waals surface area contributed by atoms with E-state index in [2.05, 4.69) is 19.2 Å². The van der Waals surface area contributed by atoms with Crippen LogP contribution < -0.4 is 5.32 Å². The molecule has 90 valence electrons. The van der Waals surface area contributed by atoms with Crippen LogP contribution in [0.15, 0.2) is 0 Å². The van der Waals surface area contributed by atoms with E-state index in [4.69, 9.17) is 0 Å². The minimum Gasteiger partial charge on any atom is -0.395 e. The van der Waals surface area contributed by atoms with Crippen molar-refractivity contribution in [3.8, 4) is 0 Å². The summed E-state index contributed by atoms with van der Waals surface area (Å²) in [7, 11) is 0. The lowest BCUT2D eigenvalue weighted by Crippen LogP contribution is -2.43. The summed E-state index contributed by atoms with van der Waals surface area (Å²) in [5, 5.41) is 12.9. The van der Waals surface area contributed by atoms with Crippen molar-refractivity contribution in [2.24, 2.45) is 5.92 Å². The molecule has 1 aliphatic carbocycles. The number of aliphatic hydroxyl groups is 1. The second-order valence-corrected chi connectivity index (χ2v) is 5.24. The predicted molar refractivity (Wildman–Crippen MR) is 65.0 cm³/mol. The molecule has 1 fully saturated rings. The molecule has 0 aromatic rings. The zero-order valence-corrected chi connectivity index (χ0v) is 10.3. The van der Waals surface area contributed by atoms with Crippen molar-refractivity contribution in [3.63, 3.8) is 0 Å². The van der Waals surface area contributed by atoms with E-state index in [0.29, 0.717) is 12.0 Å². The Morgan fingerprint density at radius 1 is 1.07 bits per heavy atom. The molecule has 15 heavy (non-hydrogen) atoms. The molecule has 0 heterocycles. The molecule has 0 aliphatic heterocycles. The second-order valence-electron chi connectivity index (χ2n) is 5.24. The molecule has 2 nitrogen and oxygen atoms in total. The van der Waals surface area contributed by atoms with Crippen LogP contribution in [0.25, 0.3) is 0 Å². The van der Waals surface area contributed by atoms with Crippen molar-refractivity contribution in [1.29, 1.82) is 0 Å². The van der Waals surface area contributed by atoms with E-state index in [0.717, 1.165) is 0 Å². The van der Waals surface area contributed by atoms with Crippen LogP contribution in [0.5, 0.6) is 0 Å². The van der Waals surface area contributed by atoms with Crippen LogP contribution in [0.1, 0.15) is 58.8 Å². The maximum absolute atomic E-state index is 9.29. The van der Waals surface area contributed by atoms with Gasteiger partial charge in [0.2, 0.25) is 0 Å². The van der Waals surface area contributed by atoms with Crippen LogP contribution in [0.3, 0.4) is 0 Å². The maximum atomic E-state index is 9.29. The first kappa shape index (κ1) is 13.0. The van der Waals surface area contributed by atoms with Crippen LogP contribution in [0.2, 0.25) is 0 Å². The molecule has 1 unspecified atom stereocenters. The van der Waals surface area contributed by atoms with E-state index in [1.165, 1.54) is 44.9 Å². The molecule has 0 aromatic heterocycles. The highest BCUT2D eigenvalue weighted by Gasteiger charge is 2.17. The smallest absolute Gasteiger partial charge is 0.0587 e. The van der Waals surface area contributed by atoms with Gasteiger partial charge in [-0.05, 0) is 18.8 Å². The van der Waals surface area contributed by atoms with Gasteiger partial charge >= 0.3 is 0 Å². The molecule has 1 saturated carbocycles. The van der Waals surface area contributed by atoms with E-state index in [1.807, 2.05) is 0 Å². The highest BCUT2D eigenvalue weighted by molar-refractivity contribution is 4.77. The normalized spacial score (nSPS) is 22.4. The minimum atomic E-state index is 0.272. The molecule has 1 rings (SSSR count). The summed E-state index contributed by atoms with van der Waals surface area (Å²) in [5.74, 6) is 0.528. The summed E-state index contributed by atoms with van der Waals surface area (Å²) in [6, 6.07) is 0.930. The molecule has 2 N–H and O–H groups in total. The predicted octanol–water partition coefficient (Wildman–Crippen LogP) is 2.71. The number of nitrogens with one attached hydrogen (secondary N) is 1. The van der Waals surface area contributed by atoms with Gasteiger partial charge in [-0.2, -0.15) is 0 Å². The van der Waals surface area contributed by atoms with Crippen molar-refractivity contribution >= 4 is 0 Å². The summed E-state index contributed by atoms with van der Waals surface area (Å²) in [6.07, 6.45) is 9.50. The zero-order valence-electron chi connectivity index (χ0n) is 10.3. The molecule has 0 aromatic carbocycles. The van der Waals surface area contributed by atoms with Gasteiger partial charge in [0.15, 0.2) is 0 Å². The molecule has 0 amide bonds. The van der Waals surface area contributed by atoms with Crippen LogP contribution in [0.4, 0.5) is 0 Å². The van der Waals surface area contributed by atoms with Crippen LogP contribution in [-0.2, 0) is 0 Å². The molecule has 0 saturated heterocycles. The molecule has 1 atom stereocenters. The fourth-order valence-electron chi connectivity index (χ4n) is 2.38. The summed E-state index contributed by atoms with van der Waals surface area (Å²) in [6.45, 7) is 4.63. The van der Waals surface area contributed by atoms with Gasteiger partial charge < -0.3 is 10.4 Å². The Morgan fingerprint density at radius 2 is 1.60 bits per heavy atom. The third kappa shape index (κ3) is 4.98. The maximum Gasteiger partial charge on any atom is 0.0587 e. The van der Waals surface area contributed by atoms with Gasteiger partial charge in [0.25, 0.3) is 0 Å². The number of rotatable bonds is 4. The van der Waals surface area contributed by atoms with Gasteiger partial charge in [-0.15, -0.1) is 0 Å². The summed E-state index contributed by atoms with van der Waals surface area (Å²) >= 11 is 0. The van der Waals surface area contributed by atoms with Crippen molar-refractivity contribution in [2.45, 2.75) is 70.9 Å². The second kappa shape index (κ2) is 7.24. The fraction of sp³-hybridized carbons (Fsp3) is 1.00. The van der Waals surface area contributed by atoms with Crippen molar-refractivity contribution < 1.29 is 5.11 Å². The Kier molecular flexibility index (Phi) is 6.26. The standard InChI is InChI=1S/C13H27NO/c1-11(2)13(10-15)14-12-8-6-4-3-5-7-9-12/h11-15H,3-10H2,1-2H3. The van der Waals surface area contributed by atoms with E-state index in [-0.39, 0.29) is 12.6 Å². The molecule has 0 spiro atoms. The lowest BCUT2D eigenvalue weighted by Gasteiger charge is -2.28. The average molecular weight is 213 g/mol. The average Bonchev–Trinajstić information content (AvgIpc) is 2.15. The topological polar surface area (TPSA) is 32.3 Å². The summed E-state index contributed by atoms with van der Waals surface area (Å²) in [5.41, 5.74) is 0. The fourth-order valence-corrected chi connectivity index (χ4v) is 2.38. The van der Waals surface area contributed by atoms with Gasteiger partial charge in [-0.3, -0.25) is 0 Å². The third-order valence-electron chi connectivity index (χ3n) is 3.56. The van der Waals surface area contributed by atoms with E-state index >= 15 is 0 Å². The summed E-state index contributed by atoms with van der Waals surface area (Å²) < 4.78 is 0. The quantitative estimate of drug-likeness (QED) is 0.752. The molecule has 2 heteroatoms. The minimum absolute atomic E-state index is 0.272. The number of hydrogen-bond donors (Lipinski definition) is 2. The lowest BCUT2D eigenvalue weighted by atomic mass is 9.95. The molecule has 0 radical (unpaired) electrons. The molecular weight excluding hydrogens is 186 g/mol. The van der Waals surface area contributed by atoms with Crippen molar-refractivity contribution in [3.05, 3.63) is 0 Å². The first-order valence-corrected chi connectivity index (χ1v) is 6.61. The van der Waals surface area contributed by atoms with Gasteiger partial charge in [0.1, 0.15) is 0 Å². The van der Waals surface area contributed by atoms with Crippen LogP contribution >= 0.6 is 0 Å². The highest BCUT2D eigenvalue weighted by Crippen LogP contribution is 2.18. The Labute approximate surface area is 94.5 Å². The van der Waals surface area contributed by atoms with Gasteiger partial charge in [-0.1, -0.05) is 46.0 Å². The Balaban J connectivity index is 2.32. The Bertz CT molecular complexity index is 151. The lowest BCUT2D eigenvalue weighted by molar-refractivity contribution is 0.191. The molecule has 0 bridgehead atoms. The Hall–Kier alpha value is -0.0800. The van der Waals surface area contributed by atoms with Crippen molar-refractivity contribution in [1.82, 2.24) is 5.32 Å². The van der Waals surface area contributed by atoms with Gasteiger partial charge in [-0.25, -0.2) is 0 Å². The third-order valence-corrected chi connectivity index (χ3v) is 3.56. The van der Waals surface area contributed by atoms with Crippen molar-refractivity contribution in [2.75, 3.05) is 6.61 Å². The Morgan fingerprint density at radius 3 is 2.07 bits per heavy atom. The first-order valence-electron chi connectivity index (χ1n) is 6.61. The highest BCUT2D eigenvalue weighted by atomic mass is 16.3. The first-order chi connectivity index (χ1) is 7.24. The molecule has 1 aliphatic rings. The zero-order chi connectivity index (χ0) is 11.1. The van der Waals surface area contributed by atoms with E-state index < -0.39 is 0 Å². The summed E-state index contributed by atoms with van der Waals surface area (Å²) in [4.78, 5) is 0. The number of hydrogen-bond acceptors (Lipinski definition) is 2. The molecular formula is C13H27NO.